The highest BCUT2D eigenvalue weighted by Gasteiger charge is 2.14. The summed E-state index contributed by atoms with van der Waals surface area (Å²) in [5, 5.41) is 6.74. The lowest BCUT2D eigenvalue weighted by molar-refractivity contribution is 0.333. The first-order valence-corrected chi connectivity index (χ1v) is 4.39. The molecule has 12 heavy (non-hydrogen) atoms. The quantitative estimate of drug-likeness (QED) is 0.609. The number of hydrazone groups is 1. The molecular formula is C8H8N3S. The molecule has 0 unspecified atom stereocenters. The van der Waals surface area contributed by atoms with Crippen LogP contribution in [0.25, 0.3) is 0 Å². The number of hydrogen-bond donors (Lipinski definition) is 0. The molecule has 0 fully saturated rings. The van der Waals surface area contributed by atoms with Gasteiger partial charge in [0, 0.05) is 24.6 Å². The summed E-state index contributed by atoms with van der Waals surface area (Å²) in [6.45, 7) is 0. The summed E-state index contributed by atoms with van der Waals surface area (Å²) in [6, 6.07) is 10.0. The first-order chi connectivity index (χ1) is 5.86. The van der Waals surface area contributed by atoms with Gasteiger partial charge < -0.3 is 0 Å². The normalized spacial score (nSPS) is 16.4. The van der Waals surface area contributed by atoms with Crippen molar-refractivity contribution in [1.29, 1.82) is 0 Å². The molecule has 0 aliphatic carbocycles. The Balaban J connectivity index is 2.27. The second-order valence-corrected chi connectivity index (χ2v) is 3.17. The molecule has 1 aliphatic rings. The highest BCUT2D eigenvalue weighted by atomic mass is 32.2. The van der Waals surface area contributed by atoms with Gasteiger partial charge in [0.05, 0.1) is 0 Å². The number of benzene rings is 1. The minimum Gasteiger partial charge on any atom is -0.202 e. The number of nitrogens with zero attached hydrogens (tertiary/aromatic N) is 3. The molecule has 2 rings (SSSR count). The third-order valence-electron chi connectivity index (χ3n) is 1.50. The van der Waals surface area contributed by atoms with E-state index in [0.717, 1.165) is 10.6 Å². The van der Waals surface area contributed by atoms with Gasteiger partial charge in [0.25, 0.3) is 0 Å². The highest BCUT2D eigenvalue weighted by Crippen LogP contribution is 2.17. The molecule has 1 heterocycles. The highest BCUT2D eigenvalue weighted by molar-refractivity contribution is 8.12. The van der Waals surface area contributed by atoms with Gasteiger partial charge in [-0.2, -0.15) is 5.10 Å². The molecule has 0 aromatic heterocycles. The summed E-state index contributed by atoms with van der Waals surface area (Å²) in [5.41, 5.74) is 1.12. The summed E-state index contributed by atoms with van der Waals surface area (Å²) < 4.78 is 0. The zero-order valence-electron chi connectivity index (χ0n) is 6.64. The Hall–Kier alpha value is -1.00. The minimum absolute atomic E-state index is 0.957. The molecule has 0 atom stereocenters. The van der Waals surface area contributed by atoms with E-state index >= 15 is 0 Å². The largest absolute Gasteiger partial charge is 0.202 e. The maximum atomic E-state index is 4.20. The summed E-state index contributed by atoms with van der Waals surface area (Å²) in [4.78, 5) is 4.04. The lowest BCUT2D eigenvalue weighted by Gasteiger charge is -1.96. The second kappa shape index (κ2) is 3.16. The maximum absolute atomic E-state index is 4.20. The zero-order chi connectivity index (χ0) is 8.39. The van der Waals surface area contributed by atoms with E-state index < -0.39 is 0 Å². The van der Waals surface area contributed by atoms with Crippen LogP contribution in [0.15, 0.2) is 35.4 Å². The average Bonchev–Trinajstić information content (AvgIpc) is 2.54. The van der Waals surface area contributed by atoms with Gasteiger partial charge in [0.15, 0.2) is 0 Å². The van der Waals surface area contributed by atoms with Crippen molar-refractivity contribution in [3.63, 3.8) is 0 Å². The van der Waals surface area contributed by atoms with Gasteiger partial charge in [-0.15, -0.1) is 0 Å². The molecule has 3 nitrogen and oxygen atoms in total. The van der Waals surface area contributed by atoms with Crippen molar-refractivity contribution in [3.8, 4) is 0 Å². The van der Waals surface area contributed by atoms with Crippen LogP contribution >= 0.6 is 11.9 Å². The van der Waals surface area contributed by atoms with Crippen molar-refractivity contribution in [2.75, 3.05) is 7.05 Å². The zero-order valence-corrected chi connectivity index (χ0v) is 7.45. The fourth-order valence-electron chi connectivity index (χ4n) is 0.957. The Morgan fingerprint density at radius 3 is 2.58 bits per heavy atom. The van der Waals surface area contributed by atoms with Crippen LogP contribution in [0.2, 0.25) is 0 Å². The van der Waals surface area contributed by atoms with Crippen LogP contribution in [0.5, 0.6) is 0 Å². The molecule has 0 bridgehead atoms. The summed E-state index contributed by atoms with van der Waals surface area (Å²) >= 11 is 1.40. The van der Waals surface area contributed by atoms with E-state index in [1.54, 1.807) is 5.12 Å². The van der Waals surface area contributed by atoms with Crippen molar-refractivity contribution in [2.45, 2.75) is 0 Å². The molecule has 0 saturated carbocycles. The molecule has 0 saturated heterocycles. The van der Waals surface area contributed by atoms with Crippen LogP contribution in [-0.4, -0.2) is 17.2 Å². The van der Waals surface area contributed by atoms with Gasteiger partial charge in [0.2, 0.25) is 0 Å². The van der Waals surface area contributed by atoms with E-state index in [9.17, 15) is 0 Å². The summed E-state index contributed by atoms with van der Waals surface area (Å²) in [6.07, 6.45) is 0. The fraction of sp³-hybridized carbons (Fsp3) is 0.125. The van der Waals surface area contributed by atoms with Crippen molar-refractivity contribution in [1.82, 2.24) is 9.95 Å². The van der Waals surface area contributed by atoms with Crippen molar-refractivity contribution < 1.29 is 0 Å². The Labute approximate surface area is 75.6 Å². The van der Waals surface area contributed by atoms with Gasteiger partial charge in [-0.05, 0) is 4.83 Å². The van der Waals surface area contributed by atoms with E-state index in [1.807, 2.05) is 37.4 Å². The molecule has 1 aromatic rings. The van der Waals surface area contributed by atoms with Crippen LogP contribution in [-0.2, 0) is 0 Å². The number of hydrogen-bond acceptors (Lipinski definition) is 3. The first kappa shape index (κ1) is 7.64. The van der Waals surface area contributed by atoms with Gasteiger partial charge >= 0.3 is 0 Å². The second-order valence-electron chi connectivity index (χ2n) is 2.43. The maximum Gasteiger partial charge on any atom is 0.143 e. The Kier molecular flexibility index (Phi) is 2.01. The van der Waals surface area contributed by atoms with Crippen LogP contribution < -0.4 is 4.83 Å². The van der Waals surface area contributed by atoms with Crippen LogP contribution in [0.1, 0.15) is 5.56 Å². The molecule has 4 heteroatoms. The third kappa shape index (κ3) is 1.44. The van der Waals surface area contributed by atoms with E-state index in [2.05, 4.69) is 9.93 Å². The lowest BCUT2D eigenvalue weighted by Crippen LogP contribution is -2.09. The van der Waals surface area contributed by atoms with E-state index in [-0.39, 0.29) is 0 Å². The van der Waals surface area contributed by atoms with Gasteiger partial charge in [-0.3, -0.25) is 0 Å². The predicted molar refractivity (Wildman–Crippen MR) is 50.5 cm³/mol. The molecule has 61 valence electrons. The summed E-state index contributed by atoms with van der Waals surface area (Å²) in [7, 11) is 1.82. The van der Waals surface area contributed by atoms with Crippen molar-refractivity contribution in [3.05, 3.63) is 35.9 Å². The van der Waals surface area contributed by atoms with Gasteiger partial charge in [-0.25, -0.2) is 5.12 Å². The number of rotatable bonds is 1. The molecule has 1 aliphatic heterocycles. The third-order valence-corrected chi connectivity index (χ3v) is 2.31. The molecule has 1 aromatic carbocycles. The Morgan fingerprint density at radius 1 is 1.25 bits per heavy atom. The van der Waals surface area contributed by atoms with E-state index in [4.69, 9.17) is 0 Å². The van der Waals surface area contributed by atoms with Crippen LogP contribution in [0, 0.1) is 0 Å². The van der Waals surface area contributed by atoms with Crippen LogP contribution in [0.3, 0.4) is 0 Å². The minimum atomic E-state index is 0.957. The average molecular weight is 178 g/mol. The van der Waals surface area contributed by atoms with Crippen molar-refractivity contribution in [2.24, 2.45) is 5.10 Å². The van der Waals surface area contributed by atoms with Gasteiger partial charge in [-0.1, -0.05) is 30.3 Å². The smallest absolute Gasteiger partial charge is 0.143 e. The van der Waals surface area contributed by atoms with Gasteiger partial charge in [0.1, 0.15) is 5.04 Å². The Morgan fingerprint density at radius 2 is 2.00 bits per heavy atom. The molecule has 0 N–H and O–H groups in total. The van der Waals surface area contributed by atoms with Crippen molar-refractivity contribution >= 4 is 17.0 Å². The SMILES string of the molecule is CN1[N]SC(c2ccccc2)=N1. The monoisotopic (exact) mass is 178 g/mol. The molecular weight excluding hydrogens is 170 g/mol. The fourth-order valence-corrected chi connectivity index (χ4v) is 1.59. The topological polar surface area (TPSA) is 29.7 Å². The molecule has 0 spiro atoms. The standard InChI is InChI=1S/C8H8N3S/c1-11-9-8(12-10-11)7-5-3-2-4-6-7/h2-6H,1H3. The van der Waals surface area contributed by atoms with Crippen LogP contribution in [0.4, 0.5) is 0 Å². The Bertz CT molecular complexity index is 296. The lowest BCUT2D eigenvalue weighted by atomic mass is 10.2. The van der Waals surface area contributed by atoms with E-state index in [0.29, 0.717) is 0 Å². The summed E-state index contributed by atoms with van der Waals surface area (Å²) in [5.74, 6) is 0. The predicted octanol–water partition coefficient (Wildman–Crippen LogP) is 1.46. The first-order valence-electron chi connectivity index (χ1n) is 3.62. The van der Waals surface area contributed by atoms with E-state index in [1.165, 1.54) is 11.9 Å². The molecule has 1 radical (unpaired) electrons. The molecule has 0 amide bonds.